The van der Waals surface area contributed by atoms with Gasteiger partial charge < -0.3 is 14.8 Å². The van der Waals surface area contributed by atoms with Crippen molar-refractivity contribution in [2.75, 3.05) is 7.11 Å². The van der Waals surface area contributed by atoms with E-state index in [0.29, 0.717) is 23.3 Å². The van der Waals surface area contributed by atoms with Crippen LogP contribution in [0.25, 0.3) is 23.1 Å². The zero-order valence-electron chi connectivity index (χ0n) is 14.0. The van der Waals surface area contributed by atoms with Crippen LogP contribution in [0.15, 0.2) is 59.9 Å². The maximum atomic E-state index is 12.2. The molecule has 0 amide bonds. The standard InChI is InChI=1S/C21H19NO3/c1-3-6-15-11-14(12-20(25-2)21(15)24)9-10-16-13-19(23)17-7-4-5-8-18(17)22-16/h3-5,7-13,24H,1,6H2,2H3,(H,22,23). The molecule has 4 nitrogen and oxygen atoms in total. The number of H-pyrrole nitrogens is 1. The topological polar surface area (TPSA) is 62.3 Å². The predicted octanol–water partition coefficient (Wildman–Crippen LogP) is 4.14. The van der Waals surface area contributed by atoms with E-state index in [9.17, 15) is 9.90 Å². The summed E-state index contributed by atoms with van der Waals surface area (Å²) < 4.78 is 5.23. The largest absolute Gasteiger partial charge is 0.504 e. The summed E-state index contributed by atoms with van der Waals surface area (Å²) in [6.45, 7) is 3.70. The summed E-state index contributed by atoms with van der Waals surface area (Å²) in [4.78, 5) is 15.4. The first-order valence-electron chi connectivity index (χ1n) is 7.93. The van der Waals surface area contributed by atoms with E-state index in [0.717, 1.165) is 16.6 Å². The Morgan fingerprint density at radius 3 is 2.76 bits per heavy atom. The number of hydrogen-bond acceptors (Lipinski definition) is 3. The zero-order chi connectivity index (χ0) is 17.8. The number of hydrogen-bond donors (Lipinski definition) is 2. The van der Waals surface area contributed by atoms with Gasteiger partial charge in [-0.05, 0) is 42.3 Å². The number of rotatable bonds is 5. The molecule has 0 spiro atoms. The SMILES string of the molecule is C=CCc1cc(C=Cc2cc(=O)c3ccccc3[nH]2)cc(OC)c1O. The number of allylic oxidation sites excluding steroid dienone is 1. The third kappa shape index (κ3) is 3.48. The molecule has 0 atom stereocenters. The van der Waals surface area contributed by atoms with Gasteiger partial charge in [-0.2, -0.15) is 0 Å². The van der Waals surface area contributed by atoms with E-state index in [1.165, 1.54) is 7.11 Å². The number of phenols is 1. The molecular weight excluding hydrogens is 314 g/mol. The maximum Gasteiger partial charge on any atom is 0.189 e. The molecule has 0 saturated heterocycles. The number of fused-ring (bicyclic) bond motifs is 1. The predicted molar refractivity (Wildman–Crippen MR) is 102 cm³/mol. The molecule has 1 aromatic heterocycles. The van der Waals surface area contributed by atoms with Crippen molar-refractivity contribution < 1.29 is 9.84 Å². The molecule has 0 radical (unpaired) electrons. The molecule has 25 heavy (non-hydrogen) atoms. The molecular formula is C21H19NO3. The van der Waals surface area contributed by atoms with Crippen LogP contribution in [-0.4, -0.2) is 17.2 Å². The molecule has 4 heteroatoms. The highest BCUT2D eigenvalue weighted by molar-refractivity contribution is 5.80. The van der Waals surface area contributed by atoms with Crippen LogP contribution in [0, 0.1) is 0 Å². The Labute approximate surface area is 145 Å². The summed E-state index contributed by atoms with van der Waals surface area (Å²) in [5.41, 5.74) is 3.08. The number of para-hydroxylation sites is 1. The number of pyridine rings is 1. The van der Waals surface area contributed by atoms with Gasteiger partial charge in [-0.1, -0.05) is 24.3 Å². The highest BCUT2D eigenvalue weighted by atomic mass is 16.5. The quantitative estimate of drug-likeness (QED) is 0.690. The second kappa shape index (κ2) is 7.09. The smallest absolute Gasteiger partial charge is 0.189 e. The first-order valence-corrected chi connectivity index (χ1v) is 7.93. The molecule has 0 fully saturated rings. The van der Waals surface area contributed by atoms with Crippen molar-refractivity contribution in [3.8, 4) is 11.5 Å². The second-order valence-electron chi connectivity index (χ2n) is 5.69. The first-order chi connectivity index (χ1) is 12.1. The van der Waals surface area contributed by atoms with Crippen molar-refractivity contribution in [2.24, 2.45) is 0 Å². The van der Waals surface area contributed by atoms with Gasteiger partial charge in [0, 0.05) is 28.2 Å². The van der Waals surface area contributed by atoms with Crippen LogP contribution >= 0.6 is 0 Å². The van der Waals surface area contributed by atoms with Crippen LogP contribution in [0.3, 0.4) is 0 Å². The normalized spacial score (nSPS) is 11.1. The minimum absolute atomic E-state index is 0.0235. The van der Waals surface area contributed by atoms with Crippen LogP contribution in [0.5, 0.6) is 11.5 Å². The van der Waals surface area contributed by atoms with Gasteiger partial charge in [-0.3, -0.25) is 4.79 Å². The van der Waals surface area contributed by atoms with E-state index >= 15 is 0 Å². The van der Waals surface area contributed by atoms with E-state index < -0.39 is 0 Å². The fourth-order valence-corrected chi connectivity index (χ4v) is 2.75. The summed E-state index contributed by atoms with van der Waals surface area (Å²) >= 11 is 0. The Kier molecular flexibility index (Phi) is 4.70. The molecule has 0 bridgehead atoms. The van der Waals surface area contributed by atoms with Crippen LogP contribution in [0.4, 0.5) is 0 Å². The Hall–Kier alpha value is -3.27. The molecule has 0 aliphatic carbocycles. The van der Waals surface area contributed by atoms with Crippen LogP contribution in [0.1, 0.15) is 16.8 Å². The summed E-state index contributed by atoms with van der Waals surface area (Å²) in [5, 5.41) is 10.8. The highest BCUT2D eigenvalue weighted by Gasteiger charge is 2.08. The summed E-state index contributed by atoms with van der Waals surface area (Å²) in [5.74, 6) is 0.532. The molecule has 3 aromatic rings. The van der Waals surface area contributed by atoms with Crippen molar-refractivity contribution in [1.82, 2.24) is 4.98 Å². The molecule has 0 unspecified atom stereocenters. The number of ether oxygens (including phenoxy) is 1. The Bertz CT molecular complexity index is 1020. The Morgan fingerprint density at radius 2 is 2.00 bits per heavy atom. The first kappa shape index (κ1) is 16.6. The molecule has 2 N–H and O–H groups in total. The number of aromatic nitrogens is 1. The minimum Gasteiger partial charge on any atom is -0.504 e. The lowest BCUT2D eigenvalue weighted by Crippen LogP contribution is -2.02. The number of benzene rings is 2. The summed E-state index contributed by atoms with van der Waals surface area (Å²) in [6, 6.07) is 12.6. The van der Waals surface area contributed by atoms with Crippen LogP contribution < -0.4 is 10.2 Å². The van der Waals surface area contributed by atoms with Crippen molar-refractivity contribution in [3.63, 3.8) is 0 Å². The van der Waals surface area contributed by atoms with Crippen LogP contribution in [-0.2, 0) is 6.42 Å². The average Bonchev–Trinajstić information content (AvgIpc) is 2.62. The van der Waals surface area contributed by atoms with Gasteiger partial charge in [0.25, 0.3) is 0 Å². The Balaban J connectivity index is 2.00. The van der Waals surface area contributed by atoms with Gasteiger partial charge in [0.1, 0.15) is 0 Å². The summed E-state index contributed by atoms with van der Waals surface area (Å²) in [6.07, 6.45) is 5.96. The number of aromatic hydroxyl groups is 1. The molecule has 1 heterocycles. The minimum atomic E-state index is -0.0235. The zero-order valence-corrected chi connectivity index (χ0v) is 14.0. The van der Waals surface area contributed by atoms with E-state index in [4.69, 9.17) is 4.74 Å². The molecule has 3 rings (SSSR count). The fourth-order valence-electron chi connectivity index (χ4n) is 2.75. The Morgan fingerprint density at radius 1 is 1.20 bits per heavy atom. The highest BCUT2D eigenvalue weighted by Crippen LogP contribution is 2.32. The van der Waals surface area contributed by atoms with Crippen molar-refractivity contribution in [2.45, 2.75) is 6.42 Å². The third-order valence-electron chi connectivity index (χ3n) is 3.97. The van der Waals surface area contributed by atoms with E-state index in [-0.39, 0.29) is 11.2 Å². The second-order valence-corrected chi connectivity index (χ2v) is 5.69. The van der Waals surface area contributed by atoms with E-state index in [1.807, 2.05) is 36.4 Å². The van der Waals surface area contributed by atoms with Gasteiger partial charge in [-0.25, -0.2) is 0 Å². The fraction of sp³-hybridized carbons (Fsp3) is 0.0952. The number of aromatic amines is 1. The van der Waals surface area contributed by atoms with Crippen molar-refractivity contribution >= 4 is 23.1 Å². The molecule has 0 aliphatic heterocycles. The number of methoxy groups -OCH3 is 1. The van der Waals surface area contributed by atoms with Gasteiger partial charge in [-0.15, -0.1) is 6.58 Å². The van der Waals surface area contributed by atoms with Crippen LogP contribution in [0.2, 0.25) is 0 Å². The maximum absolute atomic E-state index is 12.2. The van der Waals surface area contributed by atoms with E-state index in [2.05, 4.69) is 11.6 Å². The monoisotopic (exact) mass is 333 g/mol. The van der Waals surface area contributed by atoms with Gasteiger partial charge in [0.2, 0.25) is 0 Å². The summed E-state index contributed by atoms with van der Waals surface area (Å²) in [7, 11) is 1.51. The van der Waals surface area contributed by atoms with Crippen molar-refractivity contribution in [3.05, 3.63) is 82.2 Å². The van der Waals surface area contributed by atoms with Gasteiger partial charge in [0.15, 0.2) is 16.9 Å². The van der Waals surface area contributed by atoms with E-state index in [1.54, 1.807) is 24.3 Å². The molecule has 0 aliphatic rings. The molecule has 0 saturated carbocycles. The van der Waals surface area contributed by atoms with Gasteiger partial charge in [0.05, 0.1) is 7.11 Å². The molecule has 2 aromatic carbocycles. The van der Waals surface area contributed by atoms with Crippen molar-refractivity contribution in [1.29, 1.82) is 0 Å². The number of nitrogens with one attached hydrogen (secondary N) is 1. The lowest BCUT2D eigenvalue weighted by Gasteiger charge is -2.09. The average molecular weight is 333 g/mol. The third-order valence-corrected chi connectivity index (χ3v) is 3.97. The lowest BCUT2D eigenvalue weighted by atomic mass is 10.0. The number of phenolic OH excluding ortho intramolecular Hbond substituents is 1. The van der Waals surface area contributed by atoms with Gasteiger partial charge >= 0.3 is 0 Å². The molecule has 126 valence electrons. The lowest BCUT2D eigenvalue weighted by molar-refractivity contribution is 0.371.